The number of benzene rings is 2. The number of methoxy groups -OCH3 is 1. The van der Waals surface area contributed by atoms with Crippen LogP contribution < -0.4 is 10.7 Å². The number of amides is 4. The Morgan fingerprint density at radius 1 is 1.10 bits per heavy atom. The molecule has 4 aliphatic heterocycles. The van der Waals surface area contributed by atoms with Crippen LogP contribution >= 0.6 is 0 Å². The Kier molecular flexibility index (Phi) is 16.9. The van der Waals surface area contributed by atoms with Crippen LogP contribution in [-0.4, -0.2) is 139 Å². The monoisotopic (exact) mass is 972 g/mol. The Labute approximate surface area is 419 Å². The van der Waals surface area contributed by atoms with Crippen LogP contribution in [0.5, 0.6) is 0 Å². The lowest BCUT2D eigenvalue weighted by molar-refractivity contribution is -0.148. The number of likely N-dealkylation sites (N-methyl/N-ethyl adjacent to an activating group) is 1. The van der Waals surface area contributed by atoms with Crippen molar-refractivity contribution < 1.29 is 38.2 Å². The third-order valence-corrected chi connectivity index (χ3v) is 14.4. The van der Waals surface area contributed by atoms with Gasteiger partial charge in [0.25, 0.3) is 11.8 Å². The number of aromatic nitrogens is 1. The Hall–Kier alpha value is -5.92. The first kappa shape index (κ1) is 52.9. The van der Waals surface area contributed by atoms with Crippen molar-refractivity contribution in [3.63, 3.8) is 0 Å². The molecular formula is C56H73N7O8. The van der Waals surface area contributed by atoms with Gasteiger partial charge in [0.15, 0.2) is 0 Å². The molecule has 2 N–H and O–H groups in total. The fourth-order valence-corrected chi connectivity index (χ4v) is 10.6. The zero-order chi connectivity index (χ0) is 51.2. The lowest BCUT2D eigenvalue weighted by Crippen LogP contribution is -2.66. The molecule has 0 unspecified atom stereocenters. The van der Waals surface area contributed by atoms with Crippen LogP contribution in [0.4, 0.5) is 0 Å². The molecule has 0 spiro atoms. The van der Waals surface area contributed by atoms with Crippen LogP contribution in [-0.2, 0) is 57.6 Å². The van der Waals surface area contributed by atoms with E-state index in [1.54, 1.807) is 25.3 Å². The number of hydrogen-bond donors (Lipinski definition) is 2. The molecule has 15 heteroatoms. The van der Waals surface area contributed by atoms with Crippen LogP contribution in [0.15, 0.2) is 65.8 Å². The van der Waals surface area contributed by atoms with E-state index in [-0.39, 0.29) is 49.5 Å². The maximum absolute atomic E-state index is 14.9. The van der Waals surface area contributed by atoms with Crippen molar-refractivity contribution in [3.05, 3.63) is 77.6 Å². The van der Waals surface area contributed by atoms with Crippen molar-refractivity contribution in [2.24, 2.45) is 22.2 Å². The van der Waals surface area contributed by atoms with Crippen molar-refractivity contribution in [1.29, 1.82) is 0 Å². The fourth-order valence-electron chi connectivity index (χ4n) is 10.6. The van der Waals surface area contributed by atoms with Gasteiger partial charge in [0.05, 0.1) is 43.2 Å². The summed E-state index contributed by atoms with van der Waals surface area (Å²) in [5, 5.41) is 5.61. The van der Waals surface area contributed by atoms with Crippen molar-refractivity contribution >= 4 is 52.6 Å². The molecule has 0 radical (unpaired) electrons. The van der Waals surface area contributed by atoms with Crippen LogP contribution in [0.25, 0.3) is 27.6 Å². The number of nitrogens with one attached hydrogen (secondary N) is 2. The molecule has 3 aromatic rings. The summed E-state index contributed by atoms with van der Waals surface area (Å²) in [5.41, 5.74) is 9.15. The second-order valence-electron chi connectivity index (χ2n) is 20.6. The number of carbonyl (C=O) groups excluding carboxylic acids is 5. The number of fused-ring (bicyclic) bond motifs is 6. The molecule has 7 rings (SSSR count). The van der Waals surface area contributed by atoms with Gasteiger partial charge in [0, 0.05) is 75.9 Å². The second-order valence-corrected chi connectivity index (χ2v) is 20.6. The summed E-state index contributed by atoms with van der Waals surface area (Å²) < 4.78 is 20.0. The maximum Gasteiger partial charge on any atom is 0.298 e. The smallest absolute Gasteiger partial charge is 0.298 e. The van der Waals surface area contributed by atoms with Gasteiger partial charge >= 0.3 is 0 Å². The Morgan fingerprint density at radius 2 is 1.86 bits per heavy atom. The summed E-state index contributed by atoms with van der Waals surface area (Å²) in [6, 6.07) is 12.5. The van der Waals surface area contributed by atoms with E-state index in [0.717, 1.165) is 62.8 Å². The number of aliphatic imine (C=N–C) groups is 1. The molecule has 0 aliphatic carbocycles. The summed E-state index contributed by atoms with van der Waals surface area (Å²) in [7, 11) is 3.29. The van der Waals surface area contributed by atoms with Gasteiger partial charge < -0.3 is 38.7 Å². The van der Waals surface area contributed by atoms with Gasteiger partial charge in [0.1, 0.15) is 30.0 Å². The largest absolute Gasteiger partial charge is 0.378 e. The molecule has 2 aromatic carbocycles. The van der Waals surface area contributed by atoms with E-state index < -0.39 is 40.8 Å². The van der Waals surface area contributed by atoms with Gasteiger partial charge in [-0.3, -0.25) is 29.2 Å². The van der Waals surface area contributed by atoms with E-state index >= 15 is 0 Å². The molecular weight excluding hydrogens is 899 g/mol. The number of aryl methyl sites for hydroxylation is 1. The zero-order valence-electron chi connectivity index (χ0n) is 43.1. The molecule has 0 saturated carbocycles. The summed E-state index contributed by atoms with van der Waals surface area (Å²) in [4.78, 5) is 77.7. The number of aldehydes is 1. The van der Waals surface area contributed by atoms with Crippen molar-refractivity contribution in [2.75, 3.05) is 53.6 Å². The number of hydrogen-bond acceptors (Lipinski definition) is 10. The number of likely N-dealkylation sites (tertiary alicyclic amines) is 1. The average Bonchev–Trinajstić information content (AvgIpc) is 3.95. The Balaban J connectivity index is 1.26. The van der Waals surface area contributed by atoms with Gasteiger partial charge in [-0.1, -0.05) is 76.6 Å². The zero-order valence-corrected chi connectivity index (χ0v) is 43.1. The molecule has 380 valence electrons. The van der Waals surface area contributed by atoms with E-state index in [1.165, 1.54) is 9.91 Å². The van der Waals surface area contributed by atoms with E-state index in [2.05, 4.69) is 78.8 Å². The molecule has 4 aliphatic rings. The number of rotatable bonds is 12. The van der Waals surface area contributed by atoms with Gasteiger partial charge in [-0.2, -0.15) is 0 Å². The van der Waals surface area contributed by atoms with Gasteiger partial charge in [0.2, 0.25) is 11.8 Å². The minimum absolute atomic E-state index is 0.0169. The molecule has 3 fully saturated rings. The van der Waals surface area contributed by atoms with E-state index in [4.69, 9.17) is 19.2 Å². The highest BCUT2D eigenvalue weighted by atomic mass is 16.5. The number of carbonyl (C=O) groups is 5. The normalized spacial score (nSPS) is 23.7. The number of allylic oxidation sites excluding steroid dienone is 2. The average molecular weight is 972 g/mol. The predicted molar refractivity (Wildman–Crippen MR) is 276 cm³/mol. The molecule has 71 heavy (non-hydrogen) atoms. The molecule has 5 heterocycles. The van der Waals surface area contributed by atoms with Crippen molar-refractivity contribution in [2.45, 2.75) is 123 Å². The number of ether oxygens (including phenoxy) is 3. The van der Waals surface area contributed by atoms with Crippen LogP contribution in [0, 0.1) is 29.1 Å². The molecule has 6 atom stereocenters. The van der Waals surface area contributed by atoms with Gasteiger partial charge in [-0.15, -0.1) is 0 Å². The summed E-state index contributed by atoms with van der Waals surface area (Å²) in [6.07, 6.45) is 6.88. The van der Waals surface area contributed by atoms with Crippen molar-refractivity contribution in [3.8, 4) is 23.0 Å². The highest BCUT2D eigenvalue weighted by molar-refractivity contribution is 5.97. The first-order valence-electron chi connectivity index (χ1n) is 25.2. The van der Waals surface area contributed by atoms with E-state index in [0.29, 0.717) is 58.5 Å². The van der Waals surface area contributed by atoms with Crippen LogP contribution in [0.3, 0.4) is 0 Å². The third-order valence-electron chi connectivity index (χ3n) is 14.4. The minimum atomic E-state index is -1.20. The number of hydrazine groups is 1. The Morgan fingerprint density at radius 3 is 2.52 bits per heavy atom. The van der Waals surface area contributed by atoms with Gasteiger partial charge in [-0.05, 0) is 98.1 Å². The lowest BCUT2D eigenvalue weighted by Gasteiger charge is -2.42. The highest BCUT2D eigenvalue weighted by Gasteiger charge is 2.42. The van der Waals surface area contributed by atoms with Crippen molar-refractivity contribution in [1.82, 2.24) is 30.1 Å². The fraction of sp³-hybridized carbons (Fsp3) is 0.536. The number of nitrogens with zero attached hydrogens (tertiary/aromatic N) is 5. The third kappa shape index (κ3) is 11.6. The topological polar surface area (TPSA) is 164 Å². The minimum Gasteiger partial charge on any atom is -0.378 e. The second kappa shape index (κ2) is 22.7. The molecule has 6 bridgehead atoms. The van der Waals surface area contributed by atoms with Crippen LogP contribution in [0.2, 0.25) is 0 Å². The summed E-state index contributed by atoms with van der Waals surface area (Å²) >= 11 is 0. The molecule has 1 aromatic heterocycles. The summed E-state index contributed by atoms with van der Waals surface area (Å²) in [6.45, 7) is 20.9. The molecule has 15 nitrogen and oxygen atoms in total. The summed E-state index contributed by atoms with van der Waals surface area (Å²) in [5.74, 6) is 3.17. The molecule has 4 amide bonds. The highest BCUT2D eigenvalue weighted by Crippen LogP contribution is 2.40. The lowest BCUT2D eigenvalue weighted by atomic mass is 9.83. The first-order valence-corrected chi connectivity index (χ1v) is 25.2. The van der Waals surface area contributed by atoms with E-state index in [1.807, 2.05) is 52.0 Å². The van der Waals surface area contributed by atoms with Gasteiger partial charge in [-0.25, -0.2) is 5.43 Å². The Bertz CT molecular complexity index is 2630. The van der Waals surface area contributed by atoms with E-state index in [9.17, 15) is 24.0 Å². The van der Waals surface area contributed by atoms with Crippen LogP contribution in [0.1, 0.15) is 91.0 Å². The first-order chi connectivity index (χ1) is 34.0. The standard InChI is InChI=1S/C56H73N7O8/c1-11-43(49(57-12-2)37(6)69-10)51-45-31-55(7,8)34-70-35-56(33-64)24-15-25-63(59-56)54(68)46(29-38-16-14-17-39(28-38)40-18-20-47(44(45)30-40)62(51)13-3)58-52(66)50(36(4)5)60(9)53(67)41-22-26-61(32-41)48(65)21-19-42-23-27-71-42/h11-12,14,16-18,20,28,30,33,36-37,41-42,46,50,59H,1,13,15,22-27,29,31-32,34-35H2,2-10H3,(H,58,66)/b49-43+,57-12?/t37-,41-,42+,46-,50-,56-/m0/s1. The SMILES string of the molecule is C=C/C(=C(\N=CC)[C@H](C)OC)c1c2c3cc(ccc3n1CC)-c1cccc(c1)C[C@H](NC(=O)[C@H](C(C)C)N(C)C(=O)[C@H]1CCN(C(=O)C#C[C@@H]3CCO3)C1)C(=O)N1CCC[C@](C=O)(COCC(C)(C)C2)N1. The molecule has 3 saturated heterocycles. The maximum atomic E-state index is 14.9. The predicted octanol–water partition coefficient (Wildman–Crippen LogP) is 6.17. The quantitative estimate of drug-likeness (QED) is 0.0937.